The van der Waals surface area contributed by atoms with Crippen LogP contribution in [-0.4, -0.2) is 121 Å². The van der Waals surface area contributed by atoms with E-state index in [1.807, 2.05) is 6.07 Å². The smallest absolute Gasteiger partial charge is 0.284 e. The Morgan fingerprint density at radius 2 is 1.76 bits per heavy atom. The Kier molecular flexibility index (Phi) is 10.9. The normalized spacial score (nSPS) is 27.2. The standard InChI is InChI=1S/C44H51F2N11O6/c1-53(26-9-5-24(6-10-26)18-47-32-4-2-3-30-37(32)44(62)57(43(30)61)34-13-14-36(58)51-42(34)60)20-25-7-11-27(12-8-25)56-22-33(38(52-56)39(45)46)49-41(59)31-19-48-55-16-15-35(50-40(31)55)54-21-29-17-28(54)23-63-29/h2-4,15-16,19,22,24-29,34,39,47H,5-14,17-18,20-21,23H2,1H3,(H,49,59)(H,51,58,60)/t24?,25-,26?,27-,28-,29-,34?/m1/s1. The molecule has 332 valence electrons. The Labute approximate surface area is 361 Å². The predicted molar refractivity (Wildman–Crippen MR) is 225 cm³/mol. The van der Waals surface area contributed by atoms with E-state index in [1.54, 1.807) is 29.1 Å². The molecular formula is C44H51F2N11O6. The number of fused-ring (bicyclic) bond motifs is 4. The number of imide groups is 2. The number of piperidine rings is 1. The molecule has 0 radical (unpaired) electrons. The van der Waals surface area contributed by atoms with Gasteiger partial charge in [-0.05, 0) is 101 Å². The number of alkyl halides is 2. The number of nitrogens with zero attached hydrogens (tertiary/aromatic N) is 8. The monoisotopic (exact) mass is 867 g/mol. The van der Waals surface area contributed by atoms with Gasteiger partial charge in [-0.15, -0.1) is 0 Å². The van der Waals surface area contributed by atoms with Gasteiger partial charge in [0, 0.05) is 50.2 Å². The van der Waals surface area contributed by atoms with E-state index in [9.17, 15) is 32.8 Å². The Hall–Kier alpha value is -5.82. The highest BCUT2D eigenvalue weighted by Crippen LogP contribution is 2.38. The zero-order chi connectivity index (χ0) is 43.5. The molecule has 3 atom stereocenters. The predicted octanol–water partition coefficient (Wildman–Crippen LogP) is 4.83. The van der Waals surface area contributed by atoms with Crippen molar-refractivity contribution in [3.63, 3.8) is 0 Å². The summed E-state index contributed by atoms with van der Waals surface area (Å²) in [5.74, 6) is -1.07. The molecule has 6 aliphatic rings. The molecular weight excluding hydrogens is 817 g/mol. The molecule has 3 aromatic heterocycles. The molecule has 4 aliphatic heterocycles. The fraction of sp³-hybridized carbons (Fsp3) is 0.545. The van der Waals surface area contributed by atoms with Gasteiger partial charge in [-0.25, -0.2) is 18.3 Å². The van der Waals surface area contributed by atoms with Gasteiger partial charge in [0.1, 0.15) is 17.4 Å². The van der Waals surface area contributed by atoms with Crippen LogP contribution in [0, 0.1) is 11.8 Å². The first-order valence-corrected chi connectivity index (χ1v) is 22.2. The van der Waals surface area contributed by atoms with Crippen LogP contribution in [0.2, 0.25) is 0 Å². The molecule has 0 spiro atoms. The average Bonchev–Trinajstić information content (AvgIpc) is 4.13. The third-order valence-electron chi connectivity index (χ3n) is 14.2. The second kappa shape index (κ2) is 16.7. The third kappa shape index (κ3) is 7.82. The Morgan fingerprint density at radius 3 is 2.49 bits per heavy atom. The average molecular weight is 868 g/mol. The molecule has 2 aliphatic carbocycles. The van der Waals surface area contributed by atoms with Gasteiger partial charge in [0.15, 0.2) is 11.3 Å². The SMILES string of the molecule is CN(C[C@H]1CC[C@H](n2cc(NC(=O)c3cnn4ccc(N5C[C@H]6C[C@@H]5CO6)nc34)c(C(F)F)n2)CC1)C1CCC(CNc2cccc3c2C(=O)N(C2CCC(=O)NC2=O)C3=O)CC1. The molecule has 3 N–H and O–H groups in total. The maximum Gasteiger partial charge on any atom is 0.284 e. The van der Waals surface area contributed by atoms with Gasteiger partial charge in [-0.2, -0.15) is 10.2 Å². The first-order valence-electron chi connectivity index (χ1n) is 22.2. The molecule has 19 heteroatoms. The Balaban J connectivity index is 0.699. The number of amides is 5. The summed E-state index contributed by atoms with van der Waals surface area (Å²) in [4.78, 5) is 74.9. The van der Waals surface area contributed by atoms with Crippen molar-refractivity contribution in [3.8, 4) is 0 Å². The van der Waals surface area contributed by atoms with Crippen LogP contribution >= 0.6 is 0 Å². The van der Waals surface area contributed by atoms with Crippen LogP contribution in [0.1, 0.15) is 120 Å². The number of anilines is 3. The first-order chi connectivity index (χ1) is 30.5. The summed E-state index contributed by atoms with van der Waals surface area (Å²) in [7, 11) is 2.18. The summed E-state index contributed by atoms with van der Waals surface area (Å²) in [6, 6.07) is 6.60. The van der Waals surface area contributed by atoms with Crippen molar-refractivity contribution in [3.05, 3.63) is 65.2 Å². The summed E-state index contributed by atoms with van der Waals surface area (Å²) in [5, 5.41) is 16.9. The lowest BCUT2D eigenvalue weighted by molar-refractivity contribution is -0.136. The molecule has 1 unspecified atom stereocenters. The number of nitrogens with one attached hydrogen (secondary N) is 3. The van der Waals surface area contributed by atoms with Crippen molar-refractivity contribution in [2.75, 3.05) is 48.8 Å². The number of hydrogen-bond acceptors (Lipinski definition) is 12. The van der Waals surface area contributed by atoms with E-state index in [0.717, 1.165) is 81.6 Å². The van der Waals surface area contributed by atoms with Crippen molar-refractivity contribution in [1.82, 2.24) is 39.5 Å². The number of carbonyl (C=O) groups is 5. The molecule has 2 bridgehead atoms. The van der Waals surface area contributed by atoms with Crippen LogP contribution in [-0.2, 0) is 14.3 Å². The third-order valence-corrected chi connectivity index (χ3v) is 14.2. The van der Waals surface area contributed by atoms with Gasteiger partial charge in [-0.3, -0.25) is 38.9 Å². The minimum absolute atomic E-state index is 0.0140. The van der Waals surface area contributed by atoms with Crippen LogP contribution < -0.4 is 20.9 Å². The van der Waals surface area contributed by atoms with E-state index in [4.69, 9.17) is 9.72 Å². The maximum atomic E-state index is 14.3. The maximum absolute atomic E-state index is 14.3. The molecule has 1 aromatic carbocycles. The number of aromatic nitrogens is 5. The van der Waals surface area contributed by atoms with Gasteiger partial charge in [-0.1, -0.05) is 6.07 Å². The molecule has 5 amide bonds. The molecule has 5 fully saturated rings. The minimum atomic E-state index is -2.87. The highest BCUT2D eigenvalue weighted by Gasteiger charge is 2.46. The van der Waals surface area contributed by atoms with Crippen molar-refractivity contribution in [2.45, 2.75) is 107 Å². The lowest BCUT2D eigenvalue weighted by Crippen LogP contribution is -2.54. The summed E-state index contributed by atoms with van der Waals surface area (Å²) in [5.41, 5.74) is 1.18. The van der Waals surface area contributed by atoms with Crippen molar-refractivity contribution in [1.29, 1.82) is 0 Å². The number of rotatable bonds is 12. The van der Waals surface area contributed by atoms with Crippen LogP contribution in [0.3, 0.4) is 0 Å². The summed E-state index contributed by atoms with van der Waals surface area (Å²) >= 11 is 0. The van der Waals surface area contributed by atoms with Gasteiger partial charge in [0.05, 0.1) is 47.8 Å². The minimum Gasteiger partial charge on any atom is -0.384 e. The Morgan fingerprint density at radius 1 is 0.968 bits per heavy atom. The van der Waals surface area contributed by atoms with Crippen LogP contribution in [0.15, 0.2) is 42.9 Å². The molecule has 4 aromatic rings. The number of carbonyl (C=O) groups excluding carboxylic acids is 5. The van der Waals surface area contributed by atoms with Crippen LogP contribution in [0.4, 0.5) is 26.0 Å². The lowest BCUT2D eigenvalue weighted by atomic mass is 9.83. The van der Waals surface area contributed by atoms with Gasteiger partial charge < -0.3 is 25.2 Å². The fourth-order valence-electron chi connectivity index (χ4n) is 10.8. The second-order valence-corrected chi connectivity index (χ2v) is 18.1. The van der Waals surface area contributed by atoms with E-state index in [2.05, 4.69) is 43.0 Å². The topological polar surface area (TPSA) is 188 Å². The molecule has 2 saturated carbocycles. The molecule has 3 saturated heterocycles. The van der Waals surface area contributed by atoms with E-state index in [0.29, 0.717) is 42.4 Å². The molecule has 10 rings (SSSR count). The second-order valence-electron chi connectivity index (χ2n) is 18.1. The summed E-state index contributed by atoms with van der Waals surface area (Å²) < 4.78 is 37.5. The van der Waals surface area contributed by atoms with E-state index in [1.165, 1.54) is 16.9 Å². The fourth-order valence-corrected chi connectivity index (χ4v) is 10.8. The van der Waals surface area contributed by atoms with Gasteiger partial charge in [0.2, 0.25) is 11.8 Å². The zero-order valence-corrected chi connectivity index (χ0v) is 35.0. The van der Waals surface area contributed by atoms with E-state index in [-0.39, 0.29) is 53.4 Å². The van der Waals surface area contributed by atoms with Crippen LogP contribution in [0.25, 0.3) is 5.65 Å². The highest BCUT2D eigenvalue weighted by atomic mass is 19.3. The number of benzene rings is 1. The highest BCUT2D eigenvalue weighted by molar-refractivity contribution is 6.25. The molecule has 17 nitrogen and oxygen atoms in total. The van der Waals surface area contributed by atoms with Gasteiger partial charge >= 0.3 is 0 Å². The van der Waals surface area contributed by atoms with Crippen molar-refractivity contribution >= 4 is 52.4 Å². The quantitative estimate of drug-likeness (QED) is 0.165. The zero-order valence-electron chi connectivity index (χ0n) is 35.0. The largest absolute Gasteiger partial charge is 0.384 e. The number of ether oxygens (including phenoxy) is 1. The molecule has 63 heavy (non-hydrogen) atoms. The molecule has 7 heterocycles. The lowest BCUT2D eigenvalue weighted by Gasteiger charge is -2.38. The Bertz CT molecular complexity index is 2460. The summed E-state index contributed by atoms with van der Waals surface area (Å²) in [6.45, 7) is 2.97. The number of hydrogen-bond donors (Lipinski definition) is 3. The summed E-state index contributed by atoms with van der Waals surface area (Å²) in [6.07, 6.45) is 10.7. The first kappa shape index (κ1) is 41.2. The van der Waals surface area contributed by atoms with E-state index < -0.39 is 47.7 Å². The number of halogens is 2. The van der Waals surface area contributed by atoms with Crippen LogP contribution in [0.5, 0.6) is 0 Å². The van der Waals surface area contributed by atoms with Crippen molar-refractivity contribution in [2.24, 2.45) is 11.8 Å². The van der Waals surface area contributed by atoms with Crippen molar-refractivity contribution < 1.29 is 37.5 Å². The van der Waals surface area contributed by atoms with Gasteiger partial charge in [0.25, 0.3) is 24.1 Å². The number of morpholine rings is 1. The van der Waals surface area contributed by atoms with E-state index >= 15 is 0 Å².